The minimum absolute atomic E-state index is 0.152. The maximum atomic E-state index is 12.5. The van der Waals surface area contributed by atoms with Crippen LogP contribution in [0.1, 0.15) is 39.3 Å². The summed E-state index contributed by atoms with van der Waals surface area (Å²) < 4.78 is 1.85. The molecule has 0 radical (unpaired) electrons. The number of nitrogens with zero attached hydrogens (tertiary/aromatic N) is 3. The Morgan fingerprint density at radius 1 is 1.30 bits per heavy atom. The summed E-state index contributed by atoms with van der Waals surface area (Å²) in [5.74, 6) is 1.03. The molecule has 2 rings (SSSR count). The van der Waals surface area contributed by atoms with Gasteiger partial charge in [-0.05, 0) is 30.1 Å². The molecule has 7 heteroatoms. The molecule has 0 bridgehead atoms. The topological polar surface area (TPSA) is 79.4 Å². The number of hydrogen-bond acceptors (Lipinski definition) is 4. The van der Waals surface area contributed by atoms with Crippen LogP contribution in [0, 0.1) is 10.7 Å². The average molecular weight is 293 g/mol. The third-order valence-electron chi connectivity index (χ3n) is 2.88. The van der Waals surface area contributed by atoms with E-state index in [2.05, 4.69) is 34.1 Å². The zero-order valence-electron chi connectivity index (χ0n) is 12.1. The lowest BCUT2D eigenvalue weighted by Gasteiger charge is -2.13. The maximum absolute atomic E-state index is 12.5. The Morgan fingerprint density at radius 2 is 2.00 bits per heavy atom. The van der Waals surface area contributed by atoms with E-state index in [4.69, 9.17) is 12.2 Å². The molecule has 2 heterocycles. The first-order valence-corrected chi connectivity index (χ1v) is 7.06. The molecule has 0 aliphatic heterocycles. The highest BCUT2D eigenvalue weighted by atomic mass is 32.1. The Kier molecular flexibility index (Phi) is 4.17. The van der Waals surface area contributed by atoms with Gasteiger partial charge in [-0.15, -0.1) is 0 Å². The molecule has 20 heavy (non-hydrogen) atoms. The Balaban J connectivity index is 2.63. The van der Waals surface area contributed by atoms with Gasteiger partial charge in [-0.25, -0.2) is 4.68 Å². The van der Waals surface area contributed by atoms with Crippen molar-refractivity contribution in [2.75, 3.05) is 0 Å². The molecule has 0 aliphatic rings. The lowest BCUT2D eigenvalue weighted by atomic mass is 10.1. The molecule has 0 amide bonds. The molecule has 108 valence electrons. The molecule has 0 aliphatic carbocycles. The fourth-order valence-electron chi connectivity index (χ4n) is 1.88. The van der Waals surface area contributed by atoms with E-state index in [-0.39, 0.29) is 11.5 Å². The first-order chi connectivity index (χ1) is 9.38. The predicted molar refractivity (Wildman–Crippen MR) is 80.2 cm³/mol. The Morgan fingerprint density at radius 3 is 2.50 bits per heavy atom. The molecule has 0 spiro atoms. The van der Waals surface area contributed by atoms with Crippen LogP contribution >= 0.6 is 12.2 Å². The van der Waals surface area contributed by atoms with Gasteiger partial charge in [0.2, 0.25) is 4.77 Å². The second-order valence-corrected chi connectivity index (χ2v) is 5.92. The zero-order valence-corrected chi connectivity index (χ0v) is 12.9. The molecule has 0 saturated heterocycles. The number of H-pyrrole nitrogens is 2. The van der Waals surface area contributed by atoms with E-state index in [0.29, 0.717) is 28.6 Å². The van der Waals surface area contributed by atoms with Crippen molar-refractivity contribution in [1.29, 1.82) is 0 Å². The largest absolute Gasteiger partial charge is 0.281 e. The van der Waals surface area contributed by atoms with Crippen molar-refractivity contribution in [3.05, 3.63) is 26.9 Å². The van der Waals surface area contributed by atoms with Crippen molar-refractivity contribution in [2.45, 2.75) is 40.2 Å². The first kappa shape index (κ1) is 14.6. The molecular weight excluding hydrogens is 274 g/mol. The zero-order chi connectivity index (χ0) is 14.9. The monoisotopic (exact) mass is 293 g/mol. The van der Waals surface area contributed by atoms with Gasteiger partial charge in [0.1, 0.15) is 0 Å². The average Bonchev–Trinajstić information content (AvgIpc) is 2.77. The smallest absolute Gasteiger partial charge is 0.277 e. The van der Waals surface area contributed by atoms with Crippen molar-refractivity contribution in [1.82, 2.24) is 25.0 Å². The summed E-state index contributed by atoms with van der Waals surface area (Å²) in [6.07, 6.45) is 0. The summed E-state index contributed by atoms with van der Waals surface area (Å²) in [5, 5.41) is 9.97. The lowest BCUT2D eigenvalue weighted by Crippen LogP contribution is -2.28. The highest BCUT2D eigenvalue weighted by Crippen LogP contribution is 2.16. The first-order valence-electron chi connectivity index (χ1n) is 6.65. The van der Waals surface area contributed by atoms with Crippen LogP contribution in [-0.4, -0.2) is 25.0 Å². The second-order valence-electron chi connectivity index (χ2n) is 5.53. The maximum Gasteiger partial charge on any atom is 0.277 e. The number of nitrogens with one attached hydrogen (secondary N) is 2. The molecule has 2 aromatic rings. The van der Waals surface area contributed by atoms with Crippen LogP contribution in [0.25, 0.3) is 11.4 Å². The van der Waals surface area contributed by atoms with Crippen molar-refractivity contribution < 1.29 is 0 Å². The van der Waals surface area contributed by atoms with Crippen LogP contribution in [0.15, 0.2) is 10.9 Å². The number of aromatic amines is 2. The predicted octanol–water partition coefficient (Wildman–Crippen LogP) is 2.47. The van der Waals surface area contributed by atoms with Crippen LogP contribution in [-0.2, 0) is 6.54 Å². The van der Waals surface area contributed by atoms with E-state index in [1.807, 2.05) is 13.8 Å². The van der Waals surface area contributed by atoms with Crippen LogP contribution in [0.3, 0.4) is 0 Å². The summed E-state index contributed by atoms with van der Waals surface area (Å²) in [7, 11) is 0. The quantitative estimate of drug-likeness (QED) is 0.849. The molecular formula is C13H19N5OS. The van der Waals surface area contributed by atoms with E-state index in [1.165, 1.54) is 4.68 Å². The Hall–Kier alpha value is -1.76. The van der Waals surface area contributed by atoms with Gasteiger partial charge in [0.25, 0.3) is 5.56 Å². The van der Waals surface area contributed by atoms with E-state index >= 15 is 0 Å². The van der Waals surface area contributed by atoms with Gasteiger partial charge in [-0.3, -0.25) is 15.0 Å². The minimum atomic E-state index is -0.152. The summed E-state index contributed by atoms with van der Waals surface area (Å²) >= 11 is 4.94. The van der Waals surface area contributed by atoms with Crippen LogP contribution in [0.5, 0.6) is 0 Å². The molecule has 2 aromatic heterocycles. The summed E-state index contributed by atoms with van der Waals surface area (Å²) in [6, 6.07) is 1.78. The SMILES string of the molecule is CC(C)Cn1nc(C(C)C)cc(-c2nc(=S)[nH][nH]2)c1=O. The van der Waals surface area contributed by atoms with E-state index in [0.717, 1.165) is 5.69 Å². The van der Waals surface area contributed by atoms with Gasteiger partial charge in [0.15, 0.2) is 5.82 Å². The molecule has 0 aromatic carbocycles. The summed E-state index contributed by atoms with van der Waals surface area (Å²) in [6.45, 7) is 8.78. The van der Waals surface area contributed by atoms with Gasteiger partial charge in [-0.1, -0.05) is 27.7 Å². The number of aromatic nitrogens is 5. The van der Waals surface area contributed by atoms with Crippen molar-refractivity contribution in [3.8, 4) is 11.4 Å². The van der Waals surface area contributed by atoms with E-state index in [1.54, 1.807) is 6.07 Å². The molecule has 0 fully saturated rings. The van der Waals surface area contributed by atoms with Gasteiger partial charge in [0.05, 0.1) is 11.3 Å². The van der Waals surface area contributed by atoms with Crippen molar-refractivity contribution in [3.63, 3.8) is 0 Å². The fourth-order valence-corrected chi connectivity index (χ4v) is 2.02. The summed E-state index contributed by atoms with van der Waals surface area (Å²) in [5.41, 5.74) is 1.21. The molecule has 0 saturated carbocycles. The second kappa shape index (κ2) is 5.70. The third-order valence-corrected chi connectivity index (χ3v) is 3.07. The molecule has 0 atom stereocenters. The van der Waals surface area contributed by atoms with E-state index in [9.17, 15) is 4.79 Å². The Bertz CT molecular complexity index is 710. The van der Waals surface area contributed by atoms with E-state index < -0.39 is 0 Å². The van der Waals surface area contributed by atoms with Crippen molar-refractivity contribution >= 4 is 12.2 Å². The van der Waals surface area contributed by atoms with Gasteiger partial charge in [-0.2, -0.15) is 10.1 Å². The van der Waals surface area contributed by atoms with Crippen LogP contribution in [0.4, 0.5) is 0 Å². The lowest BCUT2D eigenvalue weighted by molar-refractivity contribution is 0.456. The Labute approximate surface area is 122 Å². The van der Waals surface area contributed by atoms with Crippen LogP contribution < -0.4 is 5.56 Å². The molecule has 0 unspecified atom stereocenters. The highest BCUT2D eigenvalue weighted by molar-refractivity contribution is 7.71. The third kappa shape index (κ3) is 3.04. The molecule has 6 nitrogen and oxygen atoms in total. The normalized spacial score (nSPS) is 11.5. The van der Waals surface area contributed by atoms with Gasteiger partial charge < -0.3 is 0 Å². The van der Waals surface area contributed by atoms with Crippen LogP contribution in [0.2, 0.25) is 0 Å². The minimum Gasteiger partial charge on any atom is -0.281 e. The van der Waals surface area contributed by atoms with Gasteiger partial charge in [0, 0.05) is 6.54 Å². The number of hydrogen-bond donors (Lipinski definition) is 2. The summed E-state index contributed by atoms with van der Waals surface area (Å²) in [4.78, 5) is 16.6. The molecule has 2 N–H and O–H groups in total. The standard InChI is InChI=1S/C13H19N5OS/c1-7(2)6-18-12(19)9(5-10(17-18)8(3)4)11-14-13(20)16-15-11/h5,7-8H,6H2,1-4H3,(H2,14,15,16,20). The van der Waals surface area contributed by atoms with Gasteiger partial charge >= 0.3 is 0 Å². The number of rotatable bonds is 4. The highest BCUT2D eigenvalue weighted by Gasteiger charge is 2.15. The van der Waals surface area contributed by atoms with Crippen molar-refractivity contribution in [2.24, 2.45) is 5.92 Å². The fraction of sp³-hybridized carbons (Fsp3) is 0.538.